The summed E-state index contributed by atoms with van der Waals surface area (Å²) in [6.45, 7) is 3.83. The minimum absolute atomic E-state index is 0.0682. The summed E-state index contributed by atoms with van der Waals surface area (Å²) < 4.78 is 9.16. The molecule has 0 aliphatic rings. The standard InChI is InChI=1S/C18H18N6O2/c1-11(2)26-16-8-14-12(10-23(3)22-14)7-13(16)18(25)21-15-9-20-24-6-4-5-19-17(15)24/h4-11H,1-3H3,(H,21,25). The molecule has 3 aromatic heterocycles. The molecule has 0 aliphatic heterocycles. The second-order valence-electron chi connectivity index (χ2n) is 6.28. The van der Waals surface area contributed by atoms with Crippen molar-refractivity contribution >= 4 is 28.1 Å². The second kappa shape index (κ2) is 6.14. The van der Waals surface area contributed by atoms with Gasteiger partial charge in [0.05, 0.1) is 23.4 Å². The van der Waals surface area contributed by atoms with E-state index in [9.17, 15) is 4.79 Å². The van der Waals surface area contributed by atoms with Crippen molar-refractivity contribution in [2.45, 2.75) is 20.0 Å². The highest BCUT2D eigenvalue weighted by molar-refractivity contribution is 6.09. The molecule has 0 bridgehead atoms. The first-order valence-electron chi connectivity index (χ1n) is 8.25. The number of hydrogen-bond acceptors (Lipinski definition) is 5. The van der Waals surface area contributed by atoms with E-state index < -0.39 is 0 Å². The van der Waals surface area contributed by atoms with Crippen LogP contribution >= 0.6 is 0 Å². The molecule has 4 rings (SSSR count). The van der Waals surface area contributed by atoms with Crippen LogP contribution in [-0.4, -0.2) is 36.4 Å². The van der Waals surface area contributed by atoms with Gasteiger partial charge in [0.25, 0.3) is 5.91 Å². The van der Waals surface area contributed by atoms with Crippen LogP contribution in [0.25, 0.3) is 16.6 Å². The maximum atomic E-state index is 12.9. The molecule has 0 spiro atoms. The molecule has 0 fully saturated rings. The predicted molar refractivity (Wildman–Crippen MR) is 97.4 cm³/mol. The van der Waals surface area contributed by atoms with Gasteiger partial charge in [-0.2, -0.15) is 10.2 Å². The number of ether oxygens (including phenoxy) is 1. The maximum Gasteiger partial charge on any atom is 0.259 e. The van der Waals surface area contributed by atoms with Crippen molar-refractivity contribution in [1.82, 2.24) is 24.4 Å². The fourth-order valence-electron chi connectivity index (χ4n) is 2.81. The zero-order valence-corrected chi connectivity index (χ0v) is 14.7. The zero-order valence-electron chi connectivity index (χ0n) is 14.7. The molecule has 0 unspecified atom stereocenters. The summed E-state index contributed by atoms with van der Waals surface area (Å²) in [5, 5.41) is 12.3. The highest BCUT2D eigenvalue weighted by Crippen LogP contribution is 2.27. The Morgan fingerprint density at radius 3 is 2.96 bits per heavy atom. The zero-order chi connectivity index (χ0) is 18.3. The quantitative estimate of drug-likeness (QED) is 0.611. The second-order valence-corrected chi connectivity index (χ2v) is 6.28. The van der Waals surface area contributed by atoms with Gasteiger partial charge in [0.1, 0.15) is 11.4 Å². The number of hydrogen-bond donors (Lipinski definition) is 1. The summed E-state index contributed by atoms with van der Waals surface area (Å²) in [7, 11) is 1.84. The van der Waals surface area contributed by atoms with Crippen LogP contribution < -0.4 is 10.1 Å². The molecule has 0 saturated heterocycles. The van der Waals surface area contributed by atoms with Crippen LogP contribution in [0.1, 0.15) is 24.2 Å². The van der Waals surface area contributed by atoms with E-state index >= 15 is 0 Å². The smallest absolute Gasteiger partial charge is 0.259 e. The first kappa shape index (κ1) is 16.1. The van der Waals surface area contributed by atoms with E-state index in [-0.39, 0.29) is 12.0 Å². The molecule has 8 nitrogen and oxygen atoms in total. The largest absolute Gasteiger partial charge is 0.490 e. The molecule has 8 heteroatoms. The Labute approximate surface area is 149 Å². The SMILES string of the molecule is CC(C)Oc1cc2nn(C)cc2cc1C(=O)Nc1cnn2cccnc12. The molecule has 0 radical (unpaired) electrons. The fourth-order valence-corrected chi connectivity index (χ4v) is 2.81. The normalized spacial score (nSPS) is 11.4. The third kappa shape index (κ3) is 2.85. The molecule has 0 aliphatic carbocycles. The highest BCUT2D eigenvalue weighted by Gasteiger charge is 2.18. The van der Waals surface area contributed by atoms with Crippen molar-refractivity contribution in [1.29, 1.82) is 0 Å². The van der Waals surface area contributed by atoms with Gasteiger partial charge in [-0.1, -0.05) is 0 Å². The lowest BCUT2D eigenvalue weighted by Gasteiger charge is -2.14. The van der Waals surface area contributed by atoms with Gasteiger partial charge in [0.2, 0.25) is 0 Å². The van der Waals surface area contributed by atoms with E-state index in [2.05, 4.69) is 20.5 Å². The lowest BCUT2D eigenvalue weighted by atomic mass is 10.1. The first-order chi connectivity index (χ1) is 12.5. The van der Waals surface area contributed by atoms with E-state index in [0.29, 0.717) is 22.6 Å². The summed E-state index contributed by atoms with van der Waals surface area (Å²) in [5.41, 5.74) is 2.33. The Hall–Kier alpha value is -3.42. The van der Waals surface area contributed by atoms with Crippen molar-refractivity contribution in [3.05, 3.63) is 48.5 Å². The molecule has 26 heavy (non-hydrogen) atoms. The third-order valence-electron chi connectivity index (χ3n) is 3.86. The van der Waals surface area contributed by atoms with Gasteiger partial charge in [0.15, 0.2) is 5.65 Å². The third-order valence-corrected chi connectivity index (χ3v) is 3.86. The highest BCUT2D eigenvalue weighted by atomic mass is 16.5. The van der Waals surface area contributed by atoms with Gasteiger partial charge >= 0.3 is 0 Å². The summed E-state index contributed by atoms with van der Waals surface area (Å²) in [5.74, 6) is 0.208. The lowest BCUT2D eigenvalue weighted by Crippen LogP contribution is -2.16. The minimum atomic E-state index is -0.285. The molecule has 3 heterocycles. The average molecular weight is 350 g/mol. The summed E-state index contributed by atoms with van der Waals surface area (Å²) in [6.07, 6.45) is 6.80. The number of carbonyl (C=O) groups is 1. The number of anilines is 1. The van der Waals surface area contributed by atoms with Crippen molar-refractivity contribution < 1.29 is 9.53 Å². The molecule has 1 amide bonds. The number of benzene rings is 1. The molecular weight excluding hydrogens is 332 g/mol. The van der Waals surface area contributed by atoms with Crippen molar-refractivity contribution in [3.8, 4) is 5.75 Å². The van der Waals surface area contributed by atoms with Gasteiger partial charge < -0.3 is 10.1 Å². The van der Waals surface area contributed by atoms with Crippen molar-refractivity contribution in [2.75, 3.05) is 5.32 Å². The van der Waals surface area contributed by atoms with Gasteiger partial charge in [-0.25, -0.2) is 9.50 Å². The molecule has 4 aromatic rings. The Kier molecular flexibility index (Phi) is 3.80. The van der Waals surface area contributed by atoms with Crippen LogP contribution in [0, 0.1) is 0 Å². The van der Waals surface area contributed by atoms with Gasteiger partial charge in [-0.05, 0) is 26.0 Å². The monoisotopic (exact) mass is 350 g/mol. The van der Waals surface area contributed by atoms with Crippen molar-refractivity contribution in [2.24, 2.45) is 7.05 Å². The topological polar surface area (TPSA) is 86.3 Å². The Bertz CT molecular complexity index is 1110. The Morgan fingerprint density at radius 1 is 1.31 bits per heavy atom. The Morgan fingerprint density at radius 2 is 2.15 bits per heavy atom. The molecule has 0 atom stereocenters. The number of aromatic nitrogens is 5. The van der Waals surface area contributed by atoms with E-state index in [0.717, 1.165) is 10.9 Å². The number of carbonyl (C=O) groups excluding carboxylic acids is 1. The number of rotatable bonds is 4. The fraction of sp³-hybridized carbons (Fsp3) is 0.222. The van der Waals surface area contributed by atoms with Gasteiger partial charge in [0, 0.05) is 37.1 Å². The number of aryl methyl sites for hydroxylation is 1. The number of amides is 1. The number of fused-ring (bicyclic) bond motifs is 2. The van der Waals surface area contributed by atoms with Crippen LogP contribution in [0.15, 0.2) is 43.0 Å². The number of nitrogens with zero attached hydrogens (tertiary/aromatic N) is 5. The minimum Gasteiger partial charge on any atom is -0.490 e. The summed E-state index contributed by atoms with van der Waals surface area (Å²) in [6, 6.07) is 5.35. The molecular formula is C18H18N6O2. The summed E-state index contributed by atoms with van der Waals surface area (Å²) in [4.78, 5) is 17.2. The summed E-state index contributed by atoms with van der Waals surface area (Å²) >= 11 is 0. The van der Waals surface area contributed by atoms with Gasteiger partial charge in [-0.3, -0.25) is 9.48 Å². The van der Waals surface area contributed by atoms with E-state index in [4.69, 9.17) is 4.74 Å². The predicted octanol–water partition coefficient (Wildman–Crippen LogP) is 2.66. The van der Waals surface area contributed by atoms with Crippen molar-refractivity contribution in [3.63, 3.8) is 0 Å². The average Bonchev–Trinajstić information content (AvgIpc) is 3.16. The lowest BCUT2D eigenvalue weighted by molar-refractivity contribution is 0.102. The van der Waals surface area contributed by atoms with Crippen LogP contribution in [0.4, 0.5) is 5.69 Å². The number of nitrogens with one attached hydrogen (secondary N) is 1. The van der Waals surface area contributed by atoms with E-state index in [1.54, 1.807) is 46.0 Å². The Balaban J connectivity index is 1.75. The van der Waals surface area contributed by atoms with Crippen LogP contribution in [0.5, 0.6) is 5.75 Å². The molecule has 1 N–H and O–H groups in total. The van der Waals surface area contributed by atoms with Gasteiger partial charge in [-0.15, -0.1) is 0 Å². The molecule has 0 saturated carbocycles. The van der Waals surface area contributed by atoms with Crippen LogP contribution in [0.2, 0.25) is 0 Å². The first-order valence-corrected chi connectivity index (χ1v) is 8.25. The van der Waals surface area contributed by atoms with E-state index in [1.165, 1.54) is 0 Å². The molecule has 1 aromatic carbocycles. The van der Waals surface area contributed by atoms with Crippen LogP contribution in [-0.2, 0) is 7.05 Å². The molecule has 132 valence electrons. The maximum absolute atomic E-state index is 12.9. The van der Waals surface area contributed by atoms with E-state index in [1.807, 2.05) is 27.1 Å². The van der Waals surface area contributed by atoms with Crippen LogP contribution in [0.3, 0.4) is 0 Å².